The highest BCUT2D eigenvalue weighted by molar-refractivity contribution is 7.80. The molecule has 2 aromatic carbocycles. The molecule has 0 fully saturated rings. The second-order valence-electron chi connectivity index (χ2n) is 8.24. The number of hydrogen-bond acceptors (Lipinski definition) is 3. The van der Waals surface area contributed by atoms with Crippen molar-refractivity contribution >= 4 is 41.9 Å². The normalized spacial score (nSPS) is 12.4. The van der Waals surface area contributed by atoms with Gasteiger partial charge in [-0.1, -0.05) is 112 Å². The van der Waals surface area contributed by atoms with E-state index >= 15 is 0 Å². The predicted molar refractivity (Wildman–Crippen MR) is 153 cm³/mol. The highest BCUT2D eigenvalue weighted by atomic mass is 32.1. The largest absolute Gasteiger partial charge is 0.252 e. The Labute approximate surface area is 211 Å². The van der Waals surface area contributed by atoms with E-state index in [9.17, 15) is 0 Å². The van der Waals surface area contributed by atoms with Crippen LogP contribution in [0.2, 0.25) is 0 Å². The van der Waals surface area contributed by atoms with E-state index in [2.05, 4.69) is 71.3 Å². The molecule has 0 aromatic heterocycles. The van der Waals surface area contributed by atoms with Gasteiger partial charge < -0.3 is 0 Å². The summed E-state index contributed by atoms with van der Waals surface area (Å²) in [6.45, 7) is 4.43. The minimum atomic E-state index is 0.368. The summed E-state index contributed by atoms with van der Waals surface area (Å²) in [5, 5.41) is 9.04. The Bertz CT molecular complexity index is 869. The van der Waals surface area contributed by atoms with Crippen molar-refractivity contribution in [2.45, 2.75) is 65.2 Å². The number of benzene rings is 2. The quantitative estimate of drug-likeness (QED) is 0.127. The molecule has 0 saturated carbocycles. The fourth-order valence-electron chi connectivity index (χ4n) is 3.41. The zero-order valence-corrected chi connectivity index (χ0v) is 21.4. The fraction of sp³-hybridized carbons (Fsp3) is 0.345. The molecule has 4 nitrogen and oxygen atoms in total. The van der Waals surface area contributed by atoms with E-state index in [-0.39, 0.29) is 0 Å². The van der Waals surface area contributed by atoms with Gasteiger partial charge in [0.15, 0.2) is 0 Å². The van der Waals surface area contributed by atoms with Gasteiger partial charge in [-0.3, -0.25) is 10.9 Å². The molecule has 0 atom stereocenters. The number of nitrogens with zero attached hydrogens (tertiary/aromatic N) is 2. The lowest BCUT2D eigenvalue weighted by molar-refractivity contribution is 0.724. The Morgan fingerprint density at radius 1 is 0.676 bits per heavy atom. The predicted octanol–water partition coefficient (Wildman–Crippen LogP) is 7.75. The van der Waals surface area contributed by atoms with Crippen LogP contribution in [0.3, 0.4) is 0 Å². The molecule has 34 heavy (non-hydrogen) atoms. The van der Waals surface area contributed by atoms with Gasteiger partial charge >= 0.3 is 0 Å². The molecule has 0 aliphatic heterocycles. The third kappa shape index (κ3) is 12.3. The molecule has 0 radical (unpaired) electrons. The summed E-state index contributed by atoms with van der Waals surface area (Å²) >= 11 is 5.34. The first kappa shape index (κ1) is 27.2. The minimum Gasteiger partial charge on any atom is -0.252 e. The summed E-state index contributed by atoms with van der Waals surface area (Å²) in [5.41, 5.74) is 10.4. The molecule has 5 heteroatoms. The van der Waals surface area contributed by atoms with Gasteiger partial charge in [-0.05, 0) is 60.2 Å². The molecule has 2 rings (SSSR count). The third-order valence-electron chi connectivity index (χ3n) is 5.23. The van der Waals surface area contributed by atoms with Gasteiger partial charge in [0.05, 0.1) is 12.4 Å². The van der Waals surface area contributed by atoms with E-state index in [0.29, 0.717) is 5.11 Å². The van der Waals surface area contributed by atoms with Crippen LogP contribution in [-0.4, -0.2) is 17.5 Å². The van der Waals surface area contributed by atoms with Crippen LogP contribution in [0.5, 0.6) is 0 Å². The van der Waals surface area contributed by atoms with Crippen molar-refractivity contribution < 1.29 is 0 Å². The van der Waals surface area contributed by atoms with E-state index < -0.39 is 0 Å². The molecule has 0 saturated heterocycles. The lowest BCUT2D eigenvalue weighted by Gasteiger charge is -2.05. The second-order valence-corrected chi connectivity index (χ2v) is 8.65. The minimum absolute atomic E-state index is 0.368. The van der Waals surface area contributed by atoms with Crippen LogP contribution < -0.4 is 10.9 Å². The number of thiocarbonyl (C=S) groups is 1. The van der Waals surface area contributed by atoms with Crippen molar-refractivity contribution in [3.8, 4) is 0 Å². The molecule has 2 aromatic rings. The maximum Gasteiger partial charge on any atom is 0.207 e. The van der Waals surface area contributed by atoms with Gasteiger partial charge in [0.2, 0.25) is 5.11 Å². The average molecular weight is 475 g/mol. The van der Waals surface area contributed by atoms with Crippen molar-refractivity contribution in [3.05, 3.63) is 82.9 Å². The zero-order valence-electron chi connectivity index (χ0n) is 20.5. The molecule has 180 valence electrons. The highest BCUT2D eigenvalue weighted by Gasteiger charge is 1.98. The van der Waals surface area contributed by atoms with Crippen molar-refractivity contribution in [2.24, 2.45) is 10.2 Å². The van der Waals surface area contributed by atoms with Crippen LogP contribution >= 0.6 is 12.2 Å². The first-order valence-electron chi connectivity index (χ1n) is 12.3. The fourth-order valence-corrected chi connectivity index (χ4v) is 3.51. The number of allylic oxidation sites excluding steroid dienone is 2. The van der Waals surface area contributed by atoms with E-state index in [4.69, 9.17) is 12.2 Å². The van der Waals surface area contributed by atoms with Gasteiger partial charge in [0, 0.05) is 0 Å². The highest BCUT2D eigenvalue weighted by Crippen LogP contribution is 2.13. The zero-order chi connectivity index (χ0) is 24.3. The number of nitrogens with one attached hydrogen (secondary N) is 2. The summed E-state index contributed by atoms with van der Waals surface area (Å²) in [5.74, 6) is 0. The summed E-state index contributed by atoms with van der Waals surface area (Å²) in [6.07, 6.45) is 17.1. The molecular weight excluding hydrogens is 436 g/mol. The van der Waals surface area contributed by atoms with Gasteiger partial charge in [-0.2, -0.15) is 10.2 Å². The average Bonchev–Trinajstić information content (AvgIpc) is 2.85. The molecule has 0 unspecified atom stereocenters. The Morgan fingerprint density at radius 2 is 1.09 bits per heavy atom. The first-order chi connectivity index (χ1) is 16.7. The van der Waals surface area contributed by atoms with Gasteiger partial charge in [-0.25, -0.2) is 0 Å². The van der Waals surface area contributed by atoms with Gasteiger partial charge in [0.1, 0.15) is 0 Å². The van der Waals surface area contributed by atoms with Crippen LogP contribution in [0.15, 0.2) is 82.0 Å². The Balaban J connectivity index is 1.93. The summed E-state index contributed by atoms with van der Waals surface area (Å²) in [4.78, 5) is 0. The lowest BCUT2D eigenvalue weighted by atomic mass is 10.1. The first-order valence-corrected chi connectivity index (χ1v) is 12.8. The molecule has 0 bridgehead atoms. The lowest BCUT2D eigenvalue weighted by Crippen LogP contribution is -2.28. The summed E-state index contributed by atoms with van der Waals surface area (Å²) < 4.78 is 0. The topological polar surface area (TPSA) is 48.8 Å². The van der Waals surface area contributed by atoms with Crippen molar-refractivity contribution in [1.82, 2.24) is 10.9 Å². The number of hydrazone groups is 2. The molecular formula is C29H38N4S. The van der Waals surface area contributed by atoms with E-state index in [0.717, 1.165) is 25.7 Å². The molecule has 0 aliphatic carbocycles. The second kappa shape index (κ2) is 17.4. The SMILES string of the molecule is CCCCCC(=C/c1ccccc1)/C=N/NC(=S)N/N=C/C(=C/c1ccccc1)CCCCC. The maximum absolute atomic E-state index is 5.34. The van der Waals surface area contributed by atoms with Crippen molar-refractivity contribution in [2.75, 3.05) is 0 Å². The van der Waals surface area contributed by atoms with Gasteiger partial charge in [-0.15, -0.1) is 0 Å². The Hall–Kier alpha value is -3.05. The van der Waals surface area contributed by atoms with Crippen molar-refractivity contribution in [3.63, 3.8) is 0 Å². The van der Waals surface area contributed by atoms with Crippen LogP contribution in [-0.2, 0) is 0 Å². The Morgan fingerprint density at radius 3 is 1.47 bits per heavy atom. The van der Waals surface area contributed by atoms with Crippen LogP contribution in [0.1, 0.15) is 76.3 Å². The van der Waals surface area contributed by atoms with Crippen LogP contribution in [0.4, 0.5) is 0 Å². The maximum atomic E-state index is 5.34. The van der Waals surface area contributed by atoms with Crippen LogP contribution in [0, 0.1) is 0 Å². The Kier molecular flexibility index (Phi) is 13.9. The number of rotatable bonds is 14. The molecule has 0 spiro atoms. The molecule has 0 amide bonds. The van der Waals surface area contributed by atoms with E-state index in [1.165, 1.54) is 48.0 Å². The smallest absolute Gasteiger partial charge is 0.207 e. The number of unbranched alkanes of at least 4 members (excludes halogenated alkanes) is 4. The summed E-state index contributed by atoms with van der Waals surface area (Å²) in [6, 6.07) is 20.6. The van der Waals surface area contributed by atoms with E-state index in [1.807, 2.05) is 48.8 Å². The monoisotopic (exact) mass is 474 g/mol. The van der Waals surface area contributed by atoms with E-state index in [1.54, 1.807) is 0 Å². The standard InChI is InChI=1S/C29H38N4S/c1-3-5-9-19-27(21-25-15-11-7-12-16-25)23-30-32-29(34)33-31-24-28(20-10-6-4-2)22-26-17-13-8-14-18-26/h7-8,11-18,21-24H,3-6,9-10,19-20H2,1-2H3,(H2,32,33,34)/b27-21-,28-22+,30-23+,31-24+. The molecule has 0 aliphatic rings. The molecule has 2 N–H and O–H groups in total. The summed E-state index contributed by atoms with van der Waals surface area (Å²) in [7, 11) is 0. The molecule has 0 heterocycles. The third-order valence-corrected chi connectivity index (χ3v) is 5.42. The van der Waals surface area contributed by atoms with Gasteiger partial charge in [0.25, 0.3) is 0 Å². The van der Waals surface area contributed by atoms with Crippen LogP contribution in [0.25, 0.3) is 12.2 Å². The van der Waals surface area contributed by atoms with Crippen molar-refractivity contribution in [1.29, 1.82) is 0 Å². The number of hydrogen-bond donors (Lipinski definition) is 2.